The average Bonchev–Trinajstić information content (AvgIpc) is 3.35. The molecule has 0 unspecified atom stereocenters. The molecular weight excluding hydrogens is 553 g/mol. The van der Waals surface area contributed by atoms with Crippen molar-refractivity contribution in [1.29, 1.82) is 0 Å². The Morgan fingerprint density at radius 1 is 0.919 bits per heavy atom. The first kappa shape index (κ1) is 25.4. The van der Waals surface area contributed by atoms with Gasteiger partial charge < -0.3 is 9.88 Å². The first-order chi connectivity index (χ1) is 17.8. The largest absolute Gasteiger partial charge is 0.342 e. The van der Waals surface area contributed by atoms with Crippen molar-refractivity contribution in [3.05, 3.63) is 104 Å². The van der Waals surface area contributed by atoms with Crippen LogP contribution in [0.3, 0.4) is 0 Å². The predicted molar refractivity (Wildman–Crippen MR) is 150 cm³/mol. The van der Waals surface area contributed by atoms with Gasteiger partial charge in [-0.05, 0) is 53.7 Å². The van der Waals surface area contributed by atoms with Crippen LogP contribution >= 0.6 is 46.6 Å². The van der Waals surface area contributed by atoms with Crippen LogP contribution in [0.2, 0.25) is 15.1 Å². The van der Waals surface area contributed by atoms with Gasteiger partial charge in [0.1, 0.15) is 6.54 Å². The molecule has 1 saturated heterocycles. The molecule has 0 radical (unpaired) electrons. The molecule has 4 aromatic rings. The van der Waals surface area contributed by atoms with Gasteiger partial charge in [-0.3, -0.25) is 19.3 Å². The fourth-order valence-electron chi connectivity index (χ4n) is 4.03. The number of para-hydroxylation sites is 2. The minimum atomic E-state index is -0.523. The number of benzene rings is 3. The van der Waals surface area contributed by atoms with Gasteiger partial charge in [-0.2, -0.15) is 0 Å². The Morgan fingerprint density at radius 3 is 2.46 bits per heavy atom. The zero-order valence-electron chi connectivity index (χ0n) is 19.1. The topological polar surface area (TPSA) is 71.4 Å². The van der Waals surface area contributed by atoms with Gasteiger partial charge in [-0.15, -0.1) is 0 Å². The van der Waals surface area contributed by atoms with Gasteiger partial charge in [0.25, 0.3) is 11.1 Å². The highest BCUT2D eigenvalue weighted by Crippen LogP contribution is 2.34. The molecule has 0 bridgehead atoms. The lowest BCUT2D eigenvalue weighted by atomic mass is 10.1. The number of anilines is 1. The first-order valence-corrected chi connectivity index (χ1v) is 13.1. The third-order valence-electron chi connectivity index (χ3n) is 5.77. The summed E-state index contributed by atoms with van der Waals surface area (Å²) in [7, 11) is 0. The van der Waals surface area contributed by atoms with Crippen LogP contribution in [-0.2, 0) is 16.1 Å². The molecule has 2 heterocycles. The Morgan fingerprint density at radius 2 is 1.68 bits per heavy atom. The maximum atomic E-state index is 13.1. The minimum Gasteiger partial charge on any atom is -0.342 e. The van der Waals surface area contributed by atoms with Gasteiger partial charge in [0, 0.05) is 29.2 Å². The number of fused-ring (bicyclic) bond motifs is 1. The molecule has 0 spiro atoms. The summed E-state index contributed by atoms with van der Waals surface area (Å²) in [5, 5.41) is 4.37. The van der Waals surface area contributed by atoms with Crippen LogP contribution in [-0.4, -0.2) is 33.1 Å². The van der Waals surface area contributed by atoms with E-state index in [0.717, 1.165) is 38.7 Å². The van der Waals surface area contributed by atoms with Crippen molar-refractivity contribution in [3.8, 4) is 0 Å². The van der Waals surface area contributed by atoms with Crippen LogP contribution in [0.1, 0.15) is 11.1 Å². The Labute approximate surface area is 231 Å². The third kappa shape index (κ3) is 5.40. The van der Waals surface area contributed by atoms with Crippen LogP contribution in [0.25, 0.3) is 17.0 Å². The van der Waals surface area contributed by atoms with Crippen molar-refractivity contribution in [2.24, 2.45) is 0 Å². The maximum absolute atomic E-state index is 13.1. The molecule has 3 amide bonds. The van der Waals surface area contributed by atoms with E-state index in [-0.39, 0.29) is 4.91 Å². The number of carbonyl (C=O) groups is 3. The Hall–Kier alpha value is -3.23. The number of hydrogen-bond donors (Lipinski definition) is 1. The number of rotatable bonds is 6. The van der Waals surface area contributed by atoms with E-state index in [1.165, 1.54) is 0 Å². The summed E-state index contributed by atoms with van der Waals surface area (Å²) in [6.07, 6.45) is 3.61. The molecule has 0 aliphatic carbocycles. The molecule has 1 aliphatic rings. The Kier molecular flexibility index (Phi) is 7.31. The standard InChI is InChI=1S/C27H18Cl3N3O3S/c28-19-10-9-16(11-21(19)30)13-32-14-17(18-5-1-4-8-23(18)32)12-24-26(35)33(27(36)37-24)15-25(34)31-22-7-3-2-6-20(22)29/h1-12,14H,13,15H2,(H,31,34)/b24-12+. The summed E-state index contributed by atoms with van der Waals surface area (Å²) >= 11 is 19.1. The molecule has 186 valence electrons. The van der Waals surface area contributed by atoms with E-state index in [2.05, 4.69) is 5.32 Å². The molecular formula is C27H18Cl3N3O3S. The van der Waals surface area contributed by atoms with E-state index >= 15 is 0 Å². The number of halogens is 3. The summed E-state index contributed by atoms with van der Waals surface area (Å²) < 4.78 is 2.04. The number of nitrogens with one attached hydrogen (secondary N) is 1. The normalized spacial score (nSPS) is 14.7. The van der Waals surface area contributed by atoms with Crippen molar-refractivity contribution < 1.29 is 14.4 Å². The number of thioether (sulfide) groups is 1. The molecule has 1 aliphatic heterocycles. The predicted octanol–water partition coefficient (Wildman–Crippen LogP) is 7.32. The van der Waals surface area contributed by atoms with Crippen molar-refractivity contribution >= 4 is 86.3 Å². The van der Waals surface area contributed by atoms with Gasteiger partial charge >= 0.3 is 0 Å². The molecule has 3 aromatic carbocycles. The number of hydrogen-bond acceptors (Lipinski definition) is 4. The van der Waals surface area contributed by atoms with Crippen LogP contribution in [0.15, 0.2) is 77.8 Å². The Balaban J connectivity index is 1.38. The van der Waals surface area contributed by atoms with Crippen LogP contribution < -0.4 is 5.32 Å². The van der Waals surface area contributed by atoms with Gasteiger partial charge in [-0.1, -0.05) is 71.2 Å². The molecule has 10 heteroatoms. The fourth-order valence-corrected chi connectivity index (χ4v) is 5.36. The zero-order valence-corrected chi connectivity index (χ0v) is 22.2. The zero-order chi connectivity index (χ0) is 26.1. The molecule has 0 atom stereocenters. The van der Waals surface area contributed by atoms with Gasteiger partial charge in [0.2, 0.25) is 5.91 Å². The second-order valence-electron chi connectivity index (χ2n) is 8.27. The minimum absolute atomic E-state index is 0.244. The highest BCUT2D eigenvalue weighted by Gasteiger charge is 2.36. The van der Waals surface area contributed by atoms with E-state index in [9.17, 15) is 14.4 Å². The number of carbonyl (C=O) groups excluding carboxylic acids is 3. The van der Waals surface area contributed by atoms with E-state index in [1.807, 2.05) is 47.2 Å². The number of amides is 3. The summed E-state index contributed by atoms with van der Waals surface area (Å²) in [4.78, 5) is 39.3. The van der Waals surface area contributed by atoms with E-state index in [4.69, 9.17) is 34.8 Å². The average molecular weight is 571 g/mol. The van der Waals surface area contributed by atoms with E-state index in [0.29, 0.717) is 27.3 Å². The van der Waals surface area contributed by atoms with E-state index in [1.54, 1.807) is 36.4 Å². The second kappa shape index (κ2) is 10.6. The van der Waals surface area contributed by atoms with E-state index < -0.39 is 23.6 Å². The van der Waals surface area contributed by atoms with Crippen molar-refractivity contribution in [1.82, 2.24) is 9.47 Å². The molecule has 1 aromatic heterocycles. The maximum Gasteiger partial charge on any atom is 0.294 e. The molecule has 37 heavy (non-hydrogen) atoms. The SMILES string of the molecule is O=C(CN1C(=O)S/C(=C/c2cn(Cc3ccc(Cl)c(Cl)c3)c3ccccc23)C1=O)Nc1ccccc1Cl. The van der Waals surface area contributed by atoms with Crippen LogP contribution in [0, 0.1) is 0 Å². The summed E-state index contributed by atoms with van der Waals surface area (Å²) in [6, 6.07) is 20.0. The Bertz CT molecular complexity index is 1600. The fraction of sp³-hybridized carbons (Fsp3) is 0.0741. The highest BCUT2D eigenvalue weighted by molar-refractivity contribution is 8.18. The van der Waals surface area contributed by atoms with Gasteiger partial charge in [0.05, 0.1) is 25.7 Å². The van der Waals surface area contributed by atoms with Crippen molar-refractivity contribution in [2.75, 3.05) is 11.9 Å². The summed E-state index contributed by atoms with van der Waals surface area (Å²) in [6.45, 7) is 0.126. The molecule has 1 fully saturated rings. The van der Waals surface area contributed by atoms with Crippen molar-refractivity contribution in [3.63, 3.8) is 0 Å². The quantitative estimate of drug-likeness (QED) is 0.247. The smallest absolute Gasteiger partial charge is 0.294 e. The number of nitrogens with zero attached hydrogens (tertiary/aromatic N) is 2. The molecule has 1 N–H and O–H groups in total. The molecule has 6 nitrogen and oxygen atoms in total. The summed E-state index contributed by atoms with van der Waals surface area (Å²) in [5.74, 6) is -1.04. The van der Waals surface area contributed by atoms with Gasteiger partial charge in [-0.25, -0.2) is 0 Å². The van der Waals surface area contributed by atoms with Crippen molar-refractivity contribution in [2.45, 2.75) is 6.54 Å². The molecule has 0 saturated carbocycles. The monoisotopic (exact) mass is 569 g/mol. The van der Waals surface area contributed by atoms with Crippen LogP contribution in [0.5, 0.6) is 0 Å². The lowest BCUT2D eigenvalue weighted by molar-refractivity contribution is -0.127. The first-order valence-electron chi connectivity index (χ1n) is 11.1. The van der Waals surface area contributed by atoms with Crippen LogP contribution in [0.4, 0.5) is 10.5 Å². The highest BCUT2D eigenvalue weighted by atomic mass is 35.5. The third-order valence-corrected chi connectivity index (χ3v) is 7.74. The van der Waals surface area contributed by atoms with Gasteiger partial charge in [0.15, 0.2) is 0 Å². The lowest BCUT2D eigenvalue weighted by Crippen LogP contribution is -2.36. The lowest BCUT2D eigenvalue weighted by Gasteiger charge is -2.13. The number of imide groups is 1. The summed E-state index contributed by atoms with van der Waals surface area (Å²) in [5.41, 5.74) is 3.11. The second-order valence-corrected chi connectivity index (χ2v) is 10.5. The number of aromatic nitrogens is 1. The molecule has 5 rings (SSSR count).